The summed E-state index contributed by atoms with van der Waals surface area (Å²) in [5, 5.41) is 2.94. The fraction of sp³-hybridized carbons (Fsp3) is 0.500. The first-order valence-corrected chi connectivity index (χ1v) is 11.4. The molecule has 2 aliphatic rings. The zero-order chi connectivity index (χ0) is 21.8. The number of rotatable bonds is 8. The highest BCUT2D eigenvalue weighted by Gasteiger charge is 2.24. The van der Waals surface area contributed by atoms with Crippen molar-refractivity contribution in [2.24, 2.45) is 5.92 Å². The number of carbonyl (C=O) groups is 1. The van der Waals surface area contributed by atoms with Crippen molar-refractivity contribution in [3.8, 4) is 11.5 Å². The molecule has 4 rings (SSSR count). The van der Waals surface area contributed by atoms with Crippen molar-refractivity contribution in [1.29, 1.82) is 0 Å². The Morgan fingerprint density at radius 2 is 1.97 bits per heavy atom. The van der Waals surface area contributed by atoms with Crippen LogP contribution in [0.2, 0.25) is 0 Å². The van der Waals surface area contributed by atoms with Crippen LogP contribution in [0.15, 0.2) is 36.4 Å². The quantitative estimate of drug-likeness (QED) is 0.674. The van der Waals surface area contributed by atoms with Gasteiger partial charge in [0.1, 0.15) is 0 Å². The van der Waals surface area contributed by atoms with Crippen LogP contribution in [0.3, 0.4) is 0 Å². The summed E-state index contributed by atoms with van der Waals surface area (Å²) in [6.45, 7) is 7.19. The molecule has 1 atom stereocenters. The molecule has 2 aromatic carbocycles. The third-order valence-electron chi connectivity index (χ3n) is 6.60. The van der Waals surface area contributed by atoms with Gasteiger partial charge in [-0.15, -0.1) is 0 Å². The maximum Gasteiger partial charge on any atom is 0.217 e. The average molecular weight is 423 g/mol. The van der Waals surface area contributed by atoms with Gasteiger partial charge in [0, 0.05) is 32.1 Å². The van der Waals surface area contributed by atoms with Crippen LogP contribution in [0, 0.1) is 5.92 Å². The normalized spacial score (nSPS) is 17.4. The van der Waals surface area contributed by atoms with E-state index in [0.29, 0.717) is 5.92 Å². The smallest absolute Gasteiger partial charge is 0.217 e. The summed E-state index contributed by atoms with van der Waals surface area (Å²) in [7, 11) is 1.75. The standard InChI is InChI=1S/C26H34N2O3/c1-18(27-19(2)29)22-9-7-20(8-10-22)15-28-14-13-24-23(16-28)11-12-25(26(24)30-3)31-17-21-5-4-6-21/h7-12,18,21H,4-6,13-17H2,1-3H3,(H,27,29)/t18-/m0/s1. The molecule has 1 aliphatic carbocycles. The molecule has 0 aromatic heterocycles. The summed E-state index contributed by atoms with van der Waals surface area (Å²) in [4.78, 5) is 13.7. The molecule has 0 unspecified atom stereocenters. The van der Waals surface area contributed by atoms with Gasteiger partial charge in [-0.1, -0.05) is 36.8 Å². The van der Waals surface area contributed by atoms with Crippen molar-refractivity contribution in [1.82, 2.24) is 10.2 Å². The molecular formula is C26H34N2O3. The number of amides is 1. The van der Waals surface area contributed by atoms with Crippen molar-refractivity contribution in [3.63, 3.8) is 0 Å². The lowest BCUT2D eigenvalue weighted by Crippen LogP contribution is -2.30. The molecule has 1 fully saturated rings. The minimum atomic E-state index is -0.00409. The summed E-state index contributed by atoms with van der Waals surface area (Å²) in [6.07, 6.45) is 4.88. The Balaban J connectivity index is 1.38. The summed E-state index contributed by atoms with van der Waals surface area (Å²) in [6, 6.07) is 12.9. The highest BCUT2D eigenvalue weighted by molar-refractivity contribution is 5.73. The van der Waals surface area contributed by atoms with E-state index >= 15 is 0 Å². The van der Waals surface area contributed by atoms with E-state index in [2.05, 4.69) is 46.6 Å². The Kier molecular flexibility index (Phi) is 6.81. The third-order valence-corrected chi connectivity index (χ3v) is 6.60. The summed E-state index contributed by atoms with van der Waals surface area (Å²) in [5.41, 5.74) is 5.04. The third kappa shape index (κ3) is 5.21. The molecule has 1 N–H and O–H groups in total. The molecule has 1 heterocycles. The highest BCUT2D eigenvalue weighted by atomic mass is 16.5. The van der Waals surface area contributed by atoms with Gasteiger partial charge in [-0.2, -0.15) is 0 Å². The van der Waals surface area contributed by atoms with Gasteiger partial charge < -0.3 is 14.8 Å². The van der Waals surface area contributed by atoms with E-state index in [1.807, 2.05) is 6.92 Å². The largest absolute Gasteiger partial charge is 0.493 e. The molecule has 31 heavy (non-hydrogen) atoms. The van der Waals surface area contributed by atoms with Crippen LogP contribution >= 0.6 is 0 Å². The van der Waals surface area contributed by atoms with Gasteiger partial charge in [0.05, 0.1) is 19.8 Å². The molecule has 1 saturated carbocycles. The Morgan fingerprint density at radius 1 is 1.19 bits per heavy atom. The number of hydrogen-bond acceptors (Lipinski definition) is 4. The molecular weight excluding hydrogens is 388 g/mol. The topological polar surface area (TPSA) is 50.8 Å². The molecule has 1 aliphatic heterocycles. The Hall–Kier alpha value is -2.53. The van der Waals surface area contributed by atoms with Gasteiger partial charge in [-0.25, -0.2) is 0 Å². The van der Waals surface area contributed by atoms with Gasteiger partial charge in [-0.05, 0) is 54.9 Å². The van der Waals surface area contributed by atoms with Gasteiger partial charge in [0.25, 0.3) is 0 Å². The van der Waals surface area contributed by atoms with Crippen molar-refractivity contribution in [2.45, 2.75) is 58.7 Å². The second-order valence-electron chi connectivity index (χ2n) is 8.97. The number of methoxy groups -OCH3 is 1. The average Bonchev–Trinajstić information content (AvgIpc) is 2.72. The number of nitrogens with zero attached hydrogens (tertiary/aromatic N) is 1. The zero-order valence-corrected chi connectivity index (χ0v) is 18.9. The SMILES string of the molecule is COc1c(OCC2CCC2)ccc2c1CCN(Cc1ccc([C@H](C)NC(C)=O)cc1)C2. The fourth-order valence-electron chi connectivity index (χ4n) is 4.56. The van der Waals surface area contributed by atoms with Crippen molar-refractivity contribution in [2.75, 3.05) is 20.3 Å². The van der Waals surface area contributed by atoms with Gasteiger partial charge >= 0.3 is 0 Å². The lowest BCUT2D eigenvalue weighted by molar-refractivity contribution is -0.119. The van der Waals surface area contributed by atoms with Crippen molar-refractivity contribution >= 4 is 5.91 Å². The first kappa shape index (κ1) is 21.7. The minimum Gasteiger partial charge on any atom is -0.493 e. The zero-order valence-electron chi connectivity index (χ0n) is 18.9. The van der Waals surface area contributed by atoms with E-state index in [1.165, 1.54) is 36.0 Å². The number of ether oxygens (including phenoxy) is 2. The highest BCUT2D eigenvalue weighted by Crippen LogP contribution is 2.38. The molecule has 2 aromatic rings. The maximum atomic E-state index is 11.3. The first-order chi connectivity index (χ1) is 15.0. The van der Waals surface area contributed by atoms with E-state index in [1.54, 1.807) is 14.0 Å². The molecule has 0 radical (unpaired) electrons. The van der Waals surface area contributed by atoms with E-state index in [0.717, 1.165) is 49.7 Å². The molecule has 166 valence electrons. The molecule has 0 bridgehead atoms. The lowest BCUT2D eigenvalue weighted by Gasteiger charge is -2.31. The fourth-order valence-corrected chi connectivity index (χ4v) is 4.56. The number of hydrogen-bond donors (Lipinski definition) is 1. The minimum absolute atomic E-state index is 0.00409. The lowest BCUT2D eigenvalue weighted by atomic mass is 9.86. The van der Waals surface area contributed by atoms with Crippen LogP contribution in [0.4, 0.5) is 0 Å². The van der Waals surface area contributed by atoms with Crippen molar-refractivity contribution in [3.05, 3.63) is 58.7 Å². The van der Waals surface area contributed by atoms with E-state index in [9.17, 15) is 4.79 Å². The van der Waals surface area contributed by atoms with E-state index in [-0.39, 0.29) is 11.9 Å². The molecule has 5 nitrogen and oxygen atoms in total. The Morgan fingerprint density at radius 3 is 2.61 bits per heavy atom. The van der Waals surface area contributed by atoms with Crippen LogP contribution < -0.4 is 14.8 Å². The summed E-state index contributed by atoms with van der Waals surface area (Å²) in [5.74, 6) is 2.53. The number of nitrogens with one attached hydrogen (secondary N) is 1. The predicted octanol–water partition coefficient (Wildman–Crippen LogP) is 4.63. The van der Waals surface area contributed by atoms with E-state index in [4.69, 9.17) is 9.47 Å². The van der Waals surface area contributed by atoms with E-state index < -0.39 is 0 Å². The van der Waals surface area contributed by atoms with Gasteiger partial charge in [0.15, 0.2) is 11.5 Å². The van der Waals surface area contributed by atoms with Crippen molar-refractivity contribution < 1.29 is 14.3 Å². The van der Waals surface area contributed by atoms with Gasteiger partial charge in [-0.3, -0.25) is 9.69 Å². The molecule has 0 spiro atoms. The van der Waals surface area contributed by atoms with Crippen LogP contribution in [0.1, 0.15) is 61.4 Å². The predicted molar refractivity (Wildman–Crippen MR) is 122 cm³/mol. The molecule has 0 saturated heterocycles. The second kappa shape index (κ2) is 9.73. The van der Waals surface area contributed by atoms with Crippen LogP contribution in [-0.4, -0.2) is 31.1 Å². The summed E-state index contributed by atoms with van der Waals surface area (Å²) >= 11 is 0. The number of carbonyl (C=O) groups excluding carboxylic acids is 1. The Bertz CT molecular complexity index is 906. The van der Waals surface area contributed by atoms with Gasteiger partial charge in [0.2, 0.25) is 5.91 Å². The molecule has 5 heteroatoms. The van der Waals surface area contributed by atoms with Crippen LogP contribution in [0.25, 0.3) is 0 Å². The monoisotopic (exact) mass is 422 g/mol. The maximum absolute atomic E-state index is 11.3. The second-order valence-corrected chi connectivity index (χ2v) is 8.97. The van der Waals surface area contributed by atoms with Crippen LogP contribution in [-0.2, 0) is 24.3 Å². The molecule has 1 amide bonds. The first-order valence-electron chi connectivity index (χ1n) is 11.4. The number of benzene rings is 2. The summed E-state index contributed by atoms with van der Waals surface area (Å²) < 4.78 is 11.9. The number of fused-ring (bicyclic) bond motifs is 1. The Labute approximate surface area is 185 Å². The van der Waals surface area contributed by atoms with Crippen LogP contribution in [0.5, 0.6) is 11.5 Å².